The average molecular weight is 284 g/mol. The highest BCUT2D eigenvalue weighted by Crippen LogP contribution is 2.18. The van der Waals surface area contributed by atoms with Crippen LogP contribution in [0.15, 0.2) is 24.4 Å². The van der Waals surface area contributed by atoms with Gasteiger partial charge in [0, 0.05) is 29.7 Å². The minimum absolute atomic E-state index is 0. The lowest BCUT2D eigenvalue weighted by atomic mass is 10.1. The number of H-pyrrole nitrogens is 1. The van der Waals surface area contributed by atoms with E-state index in [0.29, 0.717) is 12.2 Å². The summed E-state index contributed by atoms with van der Waals surface area (Å²) in [6.07, 6.45) is 1.94. The van der Waals surface area contributed by atoms with Crippen molar-refractivity contribution in [3.63, 3.8) is 0 Å². The summed E-state index contributed by atoms with van der Waals surface area (Å²) in [5.41, 5.74) is 2.78. The second kappa shape index (κ2) is 6.56. The van der Waals surface area contributed by atoms with E-state index in [-0.39, 0.29) is 18.3 Å². The van der Waals surface area contributed by atoms with Gasteiger partial charge in [-0.1, -0.05) is 6.07 Å². The number of fused-ring (bicyclic) bond motifs is 1. The number of carbonyl (C=O) groups excluding carboxylic acids is 1. The number of nitrogens with one attached hydrogen (secondary N) is 2. The van der Waals surface area contributed by atoms with Crippen molar-refractivity contribution in [2.75, 3.05) is 20.8 Å². The molecule has 0 saturated carbocycles. The quantitative estimate of drug-likeness (QED) is 0.667. The van der Waals surface area contributed by atoms with Crippen molar-refractivity contribution in [1.82, 2.24) is 15.4 Å². The number of aryl methyl sites for hydroxylation is 1. The Kier molecular flexibility index (Phi) is 5.35. The molecule has 2 rings (SSSR count). The summed E-state index contributed by atoms with van der Waals surface area (Å²) < 4.78 is 0. The molecule has 19 heavy (non-hydrogen) atoms. The maximum atomic E-state index is 11.9. The van der Waals surface area contributed by atoms with E-state index >= 15 is 0 Å². The Morgan fingerprint density at radius 1 is 1.47 bits per heavy atom. The van der Waals surface area contributed by atoms with Gasteiger partial charge in [0.15, 0.2) is 0 Å². The first-order valence-corrected chi connectivity index (χ1v) is 5.73. The fourth-order valence-corrected chi connectivity index (χ4v) is 1.76. The molecule has 1 aromatic heterocycles. The first-order chi connectivity index (χ1) is 8.61. The van der Waals surface area contributed by atoms with E-state index in [1.165, 1.54) is 10.6 Å². The summed E-state index contributed by atoms with van der Waals surface area (Å²) in [6, 6.07) is 5.63. The molecule has 0 aliphatic heterocycles. The highest BCUT2D eigenvalue weighted by Gasteiger charge is 2.08. The number of aromatic nitrogens is 1. The number of halogens is 1. The zero-order chi connectivity index (χ0) is 13.1. The summed E-state index contributed by atoms with van der Waals surface area (Å²) in [7, 11) is 3.30. The van der Waals surface area contributed by atoms with Crippen LogP contribution in [0, 0.1) is 6.92 Å². The molecule has 6 heteroatoms. The van der Waals surface area contributed by atoms with Crippen molar-refractivity contribution >= 4 is 29.2 Å². The zero-order valence-electron chi connectivity index (χ0n) is 11.2. The zero-order valence-corrected chi connectivity index (χ0v) is 12.0. The maximum absolute atomic E-state index is 11.9. The Morgan fingerprint density at radius 2 is 2.21 bits per heavy atom. The largest absolute Gasteiger partial charge is 0.361 e. The number of rotatable bonds is 4. The molecule has 0 fully saturated rings. The van der Waals surface area contributed by atoms with Crippen LogP contribution in [0.2, 0.25) is 0 Å². The van der Waals surface area contributed by atoms with Crippen LogP contribution >= 0.6 is 12.4 Å². The molecule has 0 saturated heterocycles. The van der Waals surface area contributed by atoms with Gasteiger partial charge in [0.1, 0.15) is 0 Å². The summed E-state index contributed by atoms with van der Waals surface area (Å²) in [6.45, 7) is 2.38. The minimum atomic E-state index is -0.118. The molecule has 0 unspecified atom stereocenters. The normalized spacial score (nSPS) is 10.5. The molecule has 2 N–H and O–H groups in total. The second-order valence-electron chi connectivity index (χ2n) is 4.21. The maximum Gasteiger partial charge on any atom is 0.252 e. The number of hydroxylamine groups is 2. The lowest BCUT2D eigenvalue weighted by Gasteiger charge is -2.14. The summed E-state index contributed by atoms with van der Waals surface area (Å²) >= 11 is 0. The van der Waals surface area contributed by atoms with Gasteiger partial charge in [0.05, 0.1) is 13.8 Å². The highest BCUT2D eigenvalue weighted by atomic mass is 35.5. The first-order valence-electron chi connectivity index (χ1n) is 5.73. The van der Waals surface area contributed by atoms with Gasteiger partial charge in [-0.3, -0.25) is 4.79 Å². The van der Waals surface area contributed by atoms with Crippen LogP contribution in [0.25, 0.3) is 10.9 Å². The van der Waals surface area contributed by atoms with Crippen LogP contribution in [-0.2, 0) is 4.84 Å². The number of nitrogens with zero attached hydrogens (tertiary/aromatic N) is 1. The third-order valence-electron chi connectivity index (χ3n) is 2.92. The smallest absolute Gasteiger partial charge is 0.252 e. The summed E-state index contributed by atoms with van der Waals surface area (Å²) in [4.78, 5) is 20.0. The number of hydrogen-bond acceptors (Lipinski definition) is 3. The summed E-state index contributed by atoms with van der Waals surface area (Å²) in [5, 5.41) is 5.45. The van der Waals surface area contributed by atoms with Gasteiger partial charge >= 0.3 is 0 Å². The molecule has 0 spiro atoms. The van der Waals surface area contributed by atoms with Crippen LogP contribution in [0.3, 0.4) is 0 Å². The van der Waals surface area contributed by atoms with Crippen LogP contribution < -0.4 is 5.32 Å². The Morgan fingerprint density at radius 3 is 2.89 bits per heavy atom. The van der Waals surface area contributed by atoms with Gasteiger partial charge < -0.3 is 15.1 Å². The van der Waals surface area contributed by atoms with Gasteiger partial charge in [-0.25, -0.2) is 0 Å². The molecule has 5 nitrogen and oxygen atoms in total. The third-order valence-corrected chi connectivity index (χ3v) is 2.92. The van der Waals surface area contributed by atoms with Crippen molar-refractivity contribution in [1.29, 1.82) is 0 Å². The SMILES string of the molecule is CON(C)CNC(=O)c1ccc2c(C)c[nH]c2c1.Cl. The second-order valence-corrected chi connectivity index (χ2v) is 4.21. The van der Waals surface area contributed by atoms with Gasteiger partial charge in [-0.05, 0) is 24.6 Å². The van der Waals surface area contributed by atoms with E-state index in [0.717, 1.165) is 10.9 Å². The van der Waals surface area contributed by atoms with E-state index in [4.69, 9.17) is 4.84 Å². The number of aromatic amines is 1. The molecule has 0 atom stereocenters. The fraction of sp³-hybridized carbons (Fsp3) is 0.308. The lowest BCUT2D eigenvalue weighted by molar-refractivity contribution is -0.112. The van der Waals surface area contributed by atoms with Crippen LogP contribution in [0.1, 0.15) is 15.9 Å². The Balaban J connectivity index is 0.00000180. The van der Waals surface area contributed by atoms with E-state index < -0.39 is 0 Å². The van der Waals surface area contributed by atoms with Crippen molar-refractivity contribution in [3.8, 4) is 0 Å². The molecule has 1 aromatic carbocycles. The van der Waals surface area contributed by atoms with Gasteiger partial charge in [-0.15, -0.1) is 12.4 Å². The van der Waals surface area contributed by atoms with E-state index in [1.54, 1.807) is 14.2 Å². The predicted octanol–water partition coefficient (Wildman–Crippen LogP) is 2.08. The number of carbonyl (C=O) groups is 1. The third kappa shape index (κ3) is 3.47. The molecule has 0 bridgehead atoms. The average Bonchev–Trinajstić information content (AvgIpc) is 2.76. The van der Waals surface area contributed by atoms with Crippen molar-refractivity contribution in [3.05, 3.63) is 35.5 Å². The monoisotopic (exact) mass is 283 g/mol. The van der Waals surface area contributed by atoms with Crippen molar-refractivity contribution in [2.24, 2.45) is 0 Å². The molecule has 104 valence electrons. The lowest BCUT2D eigenvalue weighted by Crippen LogP contribution is -2.34. The number of hydrogen-bond donors (Lipinski definition) is 2. The van der Waals surface area contributed by atoms with Crippen molar-refractivity contribution < 1.29 is 9.63 Å². The minimum Gasteiger partial charge on any atom is -0.361 e. The number of amides is 1. The fourth-order valence-electron chi connectivity index (χ4n) is 1.76. The number of benzene rings is 1. The predicted molar refractivity (Wildman–Crippen MR) is 77.4 cm³/mol. The van der Waals surface area contributed by atoms with Crippen LogP contribution in [-0.4, -0.2) is 36.8 Å². The first kappa shape index (κ1) is 15.5. The van der Waals surface area contributed by atoms with E-state index in [1.807, 2.05) is 31.3 Å². The van der Waals surface area contributed by atoms with Crippen molar-refractivity contribution in [2.45, 2.75) is 6.92 Å². The summed E-state index contributed by atoms with van der Waals surface area (Å²) in [5.74, 6) is -0.118. The molecule has 1 amide bonds. The molecule has 1 heterocycles. The highest BCUT2D eigenvalue weighted by molar-refractivity contribution is 5.98. The standard InChI is InChI=1S/C13H17N3O2.ClH/c1-9-7-14-12-6-10(4-5-11(9)12)13(17)15-8-16(2)18-3;/h4-7,14H,8H2,1-3H3,(H,15,17);1H. The Hall–Kier alpha value is -1.56. The molecule has 0 aliphatic carbocycles. The molecule has 0 radical (unpaired) electrons. The van der Waals surface area contributed by atoms with E-state index in [2.05, 4.69) is 10.3 Å². The molecule has 2 aromatic rings. The topological polar surface area (TPSA) is 57.4 Å². The van der Waals surface area contributed by atoms with Gasteiger partial charge in [0.25, 0.3) is 5.91 Å². The molecular formula is C13H18ClN3O2. The van der Waals surface area contributed by atoms with Gasteiger partial charge in [-0.2, -0.15) is 5.06 Å². The van der Waals surface area contributed by atoms with E-state index in [9.17, 15) is 4.79 Å². The Bertz CT molecular complexity index is 568. The molecule has 0 aliphatic rings. The Labute approximate surface area is 118 Å². The van der Waals surface area contributed by atoms with Gasteiger partial charge in [0.2, 0.25) is 0 Å². The van der Waals surface area contributed by atoms with Crippen LogP contribution in [0.5, 0.6) is 0 Å². The van der Waals surface area contributed by atoms with Crippen LogP contribution in [0.4, 0.5) is 0 Å². The molecular weight excluding hydrogens is 266 g/mol.